The highest BCUT2D eigenvalue weighted by atomic mass is 32.3. The van der Waals surface area contributed by atoms with Gasteiger partial charge in [-0.25, -0.2) is 0 Å². The summed E-state index contributed by atoms with van der Waals surface area (Å²) >= 11 is 4.73. The molecule has 27 heavy (non-hydrogen) atoms. The lowest BCUT2D eigenvalue weighted by molar-refractivity contribution is 0.324. The van der Waals surface area contributed by atoms with E-state index in [1.54, 1.807) is 0 Å². The maximum Gasteiger partial charge on any atom is 0.397 e. The Morgan fingerprint density at radius 3 is 1.81 bits per heavy atom. The summed E-state index contributed by atoms with van der Waals surface area (Å²) in [6.07, 6.45) is 16.5. The highest BCUT2D eigenvalue weighted by Crippen LogP contribution is 2.16. The maximum absolute atomic E-state index is 9.33. The third kappa shape index (κ3) is 20.0. The molecule has 4 nitrogen and oxygen atoms in total. The van der Waals surface area contributed by atoms with Gasteiger partial charge < -0.3 is 0 Å². The quantitative estimate of drug-likeness (QED) is 0.212. The van der Waals surface area contributed by atoms with Crippen molar-refractivity contribution < 1.29 is 17.2 Å². The van der Waals surface area contributed by atoms with Crippen LogP contribution in [0.1, 0.15) is 83.1 Å². The van der Waals surface area contributed by atoms with Crippen LogP contribution in [0, 0.1) is 0 Å². The first-order chi connectivity index (χ1) is 12.9. The Balaban J connectivity index is 0.000000972. The largest absolute Gasteiger partial charge is 0.397 e. The van der Waals surface area contributed by atoms with Crippen LogP contribution >= 0.6 is 12.6 Å². The third-order valence-electron chi connectivity index (χ3n) is 4.42. The Labute approximate surface area is 172 Å². The summed E-state index contributed by atoms with van der Waals surface area (Å²) in [5.41, 5.74) is 1.42. The molecule has 1 aromatic carbocycles. The Morgan fingerprint density at radius 1 is 0.926 bits per heavy atom. The van der Waals surface area contributed by atoms with Crippen LogP contribution in [0.5, 0.6) is 0 Å². The van der Waals surface area contributed by atoms with Gasteiger partial charge in [0.25, 0.3) is 0 Å². The highest BCUT2D eigenvalue weighted by molar-refractivity contribution is 7.81. The number of thiol groups is 1. The van der Waals surface area contributed by atoms with Crippen LogP contribution in [0.3, 0.4) is 0 Å². The lowest BCUT2D eigenvalue weighted by atomic mass is 10.0. The summed E-state index contributed by atoms with van der Waals surface area (Å²) in [5, 5.41) is 0.529. The summed E-state index contributed by atoms with van der Waals surface area (Å²) in [5.74, 6) is 0. The van der Waals surface area contributed by atoms with Gasteiger partial charge in [0.1, 0.15) is 0 Å². The molecule has 0 saturated heterocycles. The van der Waals surface area contributed by atoms with Crippen molar-refractivity contribution in [2.24, 2.45) is 0 Å². The molecule has 1 atom stereocenters. The van der Waals surface area contributed by atoms with Gasteiger partial charge in [-0.2, -0.15) is 21.0 Å². The molecule has 1 unspecified atom stereocenters. The first-order valence-corrected chi connectivity index (χ1v) is 12.0. The Kier molecular flexibility index (Phi) is 17.2. The van der Waals surface area contributed by atoms with E-state index in [0.29, 0.717) is 5.25 Å². The summed E-state index contributed by atoms with van der Waals surface area (Å²) in [6.45, 7) is 2.28. The van der Waals surface area contributed by atoms with Crippen molar-refractivity contribution in [2.75, 3.05) is 7.11 Å². The average molecular weight is 419 g/mol. The lowest BCUT2D eigenvalue weighted by Crippen LogP contribution is -2.03. The normalized spacial score (nSPS) is 12.3. The van der Waals surface area contributed by atoms with Gasteiger partial charge in [-0.15, -0.1) is 0 Å². The molecular formula is C21H38O4S2. The van der Waals surface area contributed by atoms with Crippen LogP contribution in [0.4, 0.5) is 0 Å². The van der Waals surface area contributed by atoms with E-state index in [9.17, 15) is 8.42 Å². The molecule has 158 valence electrons. The van der Waals surface area contributed by atoms with Crippen molar-refractivity contribution in [2.45, 2.75) is 89.2 Å². The molecule has 0 heterocycles. The van der Waals surface area contributed by atoms with E-state index in [-0.39, 0.29) is 0 Å². The minimum absolute atomic E-state index is 0.529. The molecule has 1 aromatic rings. The van der Waals surface area contributed by atoms with Crippen molar-refractivity contribution in [3.05, 3.63) is 35.9 Å². The lowest BCUT2D eigenvalue weighted by Gasteiger charge is -2.10. The maximum atomic E-state index is 9.33. The topological polar surface area (TPSA) is 63.6 Å². The van der Waals surface area contributed by atoms with E-state index in [2.05, 4.69) is 41.4 Å². The summed E-state index contributed by atoms with van der Waals surface area (Å²) in [7, 11) is -3.29. The Bertz CT molecular complexity index is 532. The number of hydrogen-bond donors (Lipinski definition) is 2. The monoisotopic (exact) mass is 418 g/mol. The smallest absolute Gasteiger partial charge is 0.264 e. The fourth-order valence-corrected chi connectivity index (χ4v) is 3.25. The van der Waals surface area contributed by atoms with Crippen LogP contribution in [0.2, 0.25) is 0 Å². The minimum atomic E-state index is -4.16. The second kappa shape index (κ2) is 17.5. The van der Waals surface area contributed by atoms with Crippen LogP contribution < -0.4 is 0 Å². The fourth-order valence-electron chi connectivity index (χ4n) is 2.86. The van der Waals surface area contributed by atoms with Gasteiger partial charge in [0.15, 0.2) is 0 Å². The van der Waals surface area contributed by atoms with E-state index >= 15 is 0 Å². The van der Waals surface area contributed by atoms with Crippen LogP contribution in [0.25, 0.3) is 0 Å². The highest BCUT2D eigenvalue weighted by Gasteiger charge is 2.04. The summed E-state index contributed by atoms with van der Waals surface area (Å²) in [4.78, 5) is 0. The van der Waals surface area contributed by atoms with E-state index in [1.807, 2.05) is 0 Å². The van der Waals surface area contributed by atoms with Crippen molar-refractivity contribution >= 4 is 23.0 Å². The number of unbranched alkanes of at least 4 members (excludes halogenated alkanes) is 9. The molecule has 0 aromatic heterocycles. The summed E-state index contributed by atoms with van der Waals surface area (Å²) in [6, 6.07) is 10.7. The second-order valence-electron chi connectivity index (χ2n) is 6.91. The predicted octanol–water partition coefficient (Wildman–Crippen LogP) is 6.27. The molecule has 0 radical (unpaired) electrons. The van der Waals surface area contributed by atoms with E-state index in [0.717, 1.165) is 13.5 Å². The third-order valence-corrected chi connectivity index (χ3v) is 5.28. The zero-order chi connectivity index (χ0) is 20.4. The fraction of sp³-hybridized carbons (Fsp3) is 0.714. The van der Waals surface area contributed by atoms with Crippen molar-refractivity contribution in [3.63, 3.8) is 0 Å². The molecule has 0 aliphatic rings. The van der Waals surface area contributed by atoms with Gasteiger partial charge in [0, 0.05) is 5.25 Å². The molecule has 1 N–H and O–H groups in total. The standard InChI is InChI=1S/C20H34S.CH4O4S/c1-2-3-4-5-6-7-8-9-10-14-17-20(21)18-19-15-12-11-13-16-19;1-5-6(2,3)4/h11-13,15-16,20-21H,2-10,14,17-18H2,1H3;1H3,(H,2,3,4). The number of benzene rings is 1. The number of hydrogen-bond acceptors (Lipinski definition) is 4. The molecule has 0 aliphatic carbocycles. The Morgan fingerprint density at radius 2 is 1.37 bits per heavy atom. The van der Waals surface area contributed by atoms with E-state index < -0.39 is 10.4 Å². The van der Waals surface area contributed by atoms with Gasteiger partial charge in [0.05, 0.1) is 7.11 Å². The SMILES string of the molecule is CCCCCCCCCCCCC(S)Cc1ccccc1.COS(=O)(=O)O. The summed E-state index contributed by atoms with van der Waals surface area (Å²) < 4.78 is 29.7. The number of rotatable bonds is 14. The van der Waals surface area contributed by atoms with Crippen LogP contribution in [-0.4, -0.2) is 25.3 Å². The first kappa shape index (κ1) is 26.4. The second-order valence-corrected chi connectivity index (χ2v) is 8.83. The minimum Gasteiger partial charge on any atom is -0.264 e. The van der Waals surface area contributed by atoms with Gasteiger partial charge in [-0.05, 0) is 18.4 Å². The molecule has 0 spiro atoms. The van der Waals surface area contributed by atoms with Gasteiger partial charge in [-0.1, -0.05) is 101 Å². The molecule has 1 rings (SSSR count). The molecule has 0 aliphatic heterocycles. The first-order valence-electron chi connectivity index (χ1n) is 10.1. The molecule has 0 fully saturated rings. The Hall–Kier alpha value is -0.560. The van der Waals surface area contributed by atoms with Crippen molar-refractivity contribution in [1.82, 2.24) is 0 Å². The molecule has 6 heteroatoms. The van der Waals surface area contributed by atoms with E-state index in [1.165, 1.54) is 76.2 Å². The molecule has 0 bridgehead atoms. The molecule has 0 saturated carbocycles. The van der Waals surface area contributed by atoms with Crippen LogP contribution in [-0.2, 0) is 21.0 Å². The van der Waals surface area contributed by atoms with E-state index in [4.69, 9.17) is 17.2 Å². The van der Waals surface area contributed by atoms with Gasteiger partial charge in [0.2, 0.25) is 0 Å². The molecular weight excluding hydrogens is 380 g/mol. The predicted molar refractivity (Wildman–Crippen MR) is 118 cm³/mol. The van der Waals surface area contributed by atoms with Crippen molar-refractivity contribution in [3.8, 4) is 0 Å². The average Bonchev–Trinajstić information content (AvgIpc) is 2.64. The van der Waals surface area contributed by atoms with Crippen LogP contribution in [0.15, 0.2) is 30.3 Å². The van der Waals surface area contributed by atoms with Crippen molar-refractivity contribution in [1.29, 1.82) is 0 Å². The molecule has 0 amide bonds. The van der Waals surface area contributed by atoms with Gasteiger partial charge >= 0.3 is 10.4 Å². The zero-order valence-corrected chi connectivity index (χ0v) is 18.7. The zero-order valence-electron chi connectivity index (χ0n) is 17.0. The van der Waals surface area contributed by atoms with Gasteiger partial charge in [-0.3, -0.25) is 8.74 Å².